The molecule has 0 aromatic heterocycles. The Morgan fingerprint density at radius 1 is 1.05 bits per heavy atom. The van der Waals surface area contributed by atoms with E-state index in [2.05, 4.69) is 12.1 Å². The molecule has 3 nitrogen and oxygen atoms in total. The van der Waals surface area contributed by atoms with Gasteiger partial charge < -0.3 is 14.8 Å². The lowest BCUT2D eigenvalue weighted by molar-refractivity contribution is 0.0319. The molecule has 108 valence electrons. The van der Waals surface area contributed by atoms with Gasteiger partial charge in [0.1, 0.15) is 0 Å². The van der Waals surface area contributed by atoms with Crippen molar-refractivity contribution in [3.63, 3.8) is 0 Å². The van der Waals surface area contributed by atoms with E-state index >= 15 is 0 Å². The molecule has 1 unspecified atom stereocenters. The van der Waals surface area contributed by atoms with Gasteiger partial charge in [0.05, 0.1) is 12.7 Å². The fourth-order valence-corrected chi connectivity index (χ4v) is 2.83. The van der Waals surface area contributed by atoms with E-state index in [0.717, 1.165) is 19.3 Å². The SMILES string of the molecule is OB(O)c1ccc2c(c1)CCC(OCc1ccccc1)C2. The summed E-state index contributed by atoms with van der Waals surface area (Å²) >= 11 is 0. The van der Waals surface area contributed by atoms with Crippen LogP contribution >= 0.6 is 0 Å². The van der Waals surface area contributed by atoms with Crippen molar-refractivity contribution in [1.82, 2.24) is 0 Å². The van der Waals surface area contributed by atoms with Crippen molar-refractivity contribution in [1.29, 1.82) is 0 Å². The summed E-state index contributed by atoms with van der Waals surface area (Å²) in [6.07, 6.45) is 3.03. The van der Waals surface area contributed by atoms with Crippen LogP contribution in [0.1, 0.15) is 23.1 Å². The summed E-state index contributed by atoms with van der Waals surface area (Å²) in [5.74, 6) is 0. The lowest BCUT2D eigenvalue weighted by atomic mass is 9.77. The molecular weight excluding hydrogens is 263 g/mol. The van der Waals surface area contributed by atoms with Crippen LogP contribution in [0.15, 0.2) is 48.5 Å². The molecule has 1 aliphatic rings. The molecule has 0 heterocycles. The molecule has 1 aliphatic carbocycles. The molecule has 2 N–H and O–H groups in total. The number of hydrogen-bond donors (Lipinski definition) is 2. The number of rotatable bonds is 4. The molecule has 0 spiro atoms. The maximum absolute atomic E-state index is 9.22. The standard InChI is InChI=1S/C17H19BO3/c19-18(20)16-8-6-15-11-17(9-7-14(15)10-16)21-12-13-4-2-1-3-5-13/h1-6,8,10,17,19-20H,7,9,11-12H2. The van der Waals surface area contributed by atoms with Crippen LogP contribution < -0.4 is 5.46 Å². The zero-order chi connectivity index (χ0) is 14.7. The zero-order valence-electron chi connectivity index (χ0n) is 11.9. The fourth-order valence-electron chi connectivity index (χ4n) is 2.83. The Morgan fingerprint density at radius 2 is 1.86 bits per heavy atom. The van der Waals surface area contributed by atoms with E-state index in [9.17, 15) is 10.0 Å². The molecule has 1 atom stereocenters. The summed E-state index contributed by atoms with van der Waals surface area (Å²) < 4.78 is 6.00. The van der Waals surface area contributed by atoms with Gasteiger partial charge in [-0.1, -0.05) is 48.5 Å². The first-order valence-corrected chi connectivity index (χ1v) is 7.36. The Hall–Kier alpha value is -1.62. The van der Waals surface area contributed by atoms with Crippen LogP contribution in [0.3, 0.4) is 0 Å². The Labute approximate surface area is 125 Å². The molecule has 0 radical (unpaired) electrons. The average Bonchev–Trinajstić information content (AvgIpc) is 2.53. The molecule has 0 fully saturated rings. The van der Waals surface area contributed by atoms with Gasteiger partial charge in [-0.15, -0.1) is 0 Å². The van der Waals surface area contributed by atoms with E-state index in [-0.39, 0.29) is 6.10 Å². The third-order valence-electron chi connectivity index (χ3n) is 4.04. The van der Waals surface area contributed by atoms with E-state index in [1.807, 2.05) is 30.3 Å². The summed E-state index contributed by atoms with van der Waals surface area (Å²) in [4.78, 5) is 0. The third-order valence-corrected chi connectivity index (χ3v) is 4.04. The first-order chi connectivity index (χ1) is 10.2. The van der Waals surface area contributed by atoms with Gasteiger partial charge in [0.25, 0.3) is 0 Å². The number of fused-ring (bicyclic) bond motifs is 1. The van der Waals surface area contributed by atoms with Crippen LogP contribution in [0.5, 0.6) is 0 Å². The molecular formula is C17H19BO3. The van der Waals surface area contributed by atoms with Gasteiger partial charge in [0.2, 0.25) is 0 Å². The minimum atomic E-state index is -1.39. The molecule has 21 heavy (non-hydrogen) atoms. The molecule has 3 rings (SSSR count). The van der Waals surface area contributed by atoms with Crippen LogP contribution in [-0.2, 0) is 24.2 Å². The molecule has 0 amide bonds. The van der Waals surface area contributed by atoms with E-state index in [4.69, 9.17) is 4.74 Å². The van der Waals surface area contributed by atoms with Crippen molar-refractivity contribution < 1.29 is 14.8 Å². The van der Waals surface area contributed by atoms with Crippen molar-refractivity contribution in [2.75, 3.05) is 0 Å². The monoisotopic (exact) mass is 282 g/mol. The van der Waals surface area contributed by atoms with Gasteiger partial charge in [-0.2, -0.15) is 0 Å². The highest BCUT2D eigenvalue weighted by atomic mass is 16.5. The zero-order valence-corrected chi connectivity index (χ0v) is 11.9. The lowest BCUT2D eigenvalue weighted by Crippen LogP contribution is -2.31. The summed E-state index contributed by atoms with van der Waals surface area (Å²) in [7, 11) is -1.39. The van der Waals surface area contributed by atoms with Crippen LogP contribution in [-0.4, -0.2) is 23.3 Å². The predicted octanol–water partition coefficient (Wildman–Crippen LogP) is 1.44. The van der Waals surface area contributed by atoms with Crippen LogP contribution in [0.2, 0.25) is 0 Å². The normalized spacial score (nSPS) is 17.3. The summed E-state index contributed by atoms with van der Waals surface area (Å²) in [6, 6.07) is 15.9. The number of benzene rings is 2. The highest BCUT2D eigenvalue weighted by Gasteiger charge is 2.21. The maximum atomic E-state index is 9.22. The third kappa shape index (κ3) is 3.53. The summed E-state index contributed by atoms with van der Waals surface area (Å²) in [5, 5.41) is 18.4. The van der Waals surface area contributed by atoms with Crippen LogP contribution in [0.4, 0.5) is 0 Å². The number of hydrogen-bond acceptors (Lipinski definition) is 3. The van der Waals surface area contributed by atoms with E-state index < -0.39 is 7.12 Å². The highest BCUT2D eigenvalue weighted by Crippen LogP contribution is 2.23. The van der Waals surface area contributed by atoms with Gasteiger partial charge in [0.15, 0.2) is 0 Å². The van der Waals surface area contributed by atoms with Crippen molar-refractivity contribution in [3.05, 3.63) is 65.2 Å². The van der Waals surface area contributed by atoms with Crippen LogP contribution in [0.25, 0.3) is 0 Å². The largest absolute Gasteiger partial charge is 0.488 e. The topological polar surface area (TPSA) is 49.7 Å². The second-order valence-electron chi connectivity index (χ2n) is 5.56. The Kier molecular flexibility index (Phi) is 4.39. The first-order valence-electron chi connectivity index (χ1n) is 7.36. The fraction of sp³-hybridized carbons (Fsp3) is 0.294. The minimum absolute atomic E-state index is 0.239. The van der Waals surface area contributed by atoms with Crippen LogP contribution in [0, 0.1) is 0 Å². The maximum Gasteiger partial charge on any atom is 0.488 e. The number of ether oxygens (including phenoxy) is 1. The highest BCUT2D eigenvalue weighted by molar-refractivity contribution is 6.58. The molecule has 2 aromatic carbocycles. The summed E-state index contributed by atoms with van der Waals surface area (Å²) in [5.41, 5.74) is 4.23. The van der Waals surface area contributed by atoms with Crippen molar-refractivity contribution in [3.8, 4) is 0 Å². The van der Waals surface area contributed by atoms with Crippen molar-refractivity contribution in [2.24, 2.45) is 0 Å². The van der Waals surface area contributed by atoms with Gasteiger partial charge >= 0.3 is 7.12 Å². The van der Waals surface area contributed by atoms with Gasteiger partial charge in [-0.3, -0.25) is 0 Å². The number of aryl methyl sites for hydroxylation is 1. The average molecular weight is 282 g/mol. The second kappa shape index (κ2) is 6.44. The minimum Gasteiger partial charge on any atom is -0.423 e. The van der Waals surface area contributed by atoms with Gasteiger partial charge in [-0.05, 0) is 41.4 Å². The smallest absolute Gasteiger partial charge is 0.423 e. The quantitative estimate of drug-likeness (QED) is 0.834. The molecule has 0 saturated heterocycles. The second-order valence-corrected chi connectivity index (χ2v) is 5.56. The van der Waals surface area contributed by atoms with E-state index in [0.29, 0.717) is 12.1 Å². The Morgan fingerprint density at radius 3 is 2.62 bits per heavy atom. The molecule has 0 aliphatic heterocycles. The van der Waals surface area contributed by atoms with Gasteiger partial charge in [-0.25, -0.2) is 0 Å². The summed E-state index contributed by atoms with van der Waals surface area (Å²) in [6.45, 7) is 0.647. The predicted molar refractivity (Wildman–Crippen MR) is 83.3 cm³/mol. The first kappa shape index (κ1) is 14.3. The molecule has 4 heteroatoms. The molecule has 0 saturated carbocycles. The van der Waals surface area contributed by atoms with E-state index in [1.54, 1.807) is 6.07 Å². The Bertz CT molecular complexity index is 598. The Balaban J connectivity index is 1.62. The van der Waals surface area contributed by atoms with Gasteiger partial charge in [0, 0.05) is 0 Å². The van der Waals surface area contributed by atoms with Crippen molar-refractivity contribution >= 4 is 12.6 Å². The van der Waals surface area contributed by atoms with Crippen molar-refractivity contribution in [2.45, 2.75) is 32.0 Å². The van der Waals surface area contributed by atoms with E-state index in [1.165, 1.54) is 16.7 Å². The molecule has 2 aromatic rings. The lowest BCUT2D eigenvalue weighted by Gasteiger charge is -2.25. The molecule has 0 bridgehead atoms.